The summed E-state index contributed by atoms with van der Waals surface area (Å²) in [5.74, 6) is 0.516. The van der Waals surface area contributed by atoms with E-state index in [4.69, 9.17) is 10.7 Å². The fourth-order valence-corrected chi connectivity index (χ4v) is 4.19. The monoisotopic (exact) mass is 484 g/mol. The number of carbonyl (C=O) groups is 1. The molecule has 0 spiro atoms. The van der Waals surface area contributed by atoms with Crippen LogP contribution in [-0.4, -0.2) is 41.5 Å². The van der Waals surface area contributed by atoms with Crippen LogP contribution in [0.1, 0.15) is 21.5 Å². The first-order chi connectivity index (χ1) is 14.9. The van der Waals surface area contributed by atoms with Gasteiger partial charge >= 0.3 is 0 Å². The fraction of sp³-hybridized carbons (Fsp3) is 0.227. The van der Waals surface area contributed by atoms with Gasteiger partial charge in [0.15, 0.2) is 0 Å². The number of hydrogen-bond acceptors (Lipinski definition) is 6. The zero-order valence-corrected chi connectivity index (χ0v) is 18.8. The number of amides is 1. The number of nitrogens with two attached hydrogens (primary N) is 1. The molecule has 3 heterocycles. The van der Waals surface area contributed by atoms with Crippen LogP contribution in [0.4, 0.5) is 16.0 Å². The number of benzene rings is 1. The van der Waals surface area contributed by atoms with Crippen molar-refractivity contribution in [3.05, 3.63) is 69.7 Å². The van der Waals surface area contributed by atoms with Gasteiger partial charge in [0.25, 0.3) is 5.91 Å². The molecular formula is C22H22BrFN6O. The molecule has 7 nitrogen and oxygen atoms in total. The Kier molecular flexibility index (Phi) is 5.88. The van der Waals surface area contributed by atoms with E-state index in [2.05, 4.69) is 26.2 Å². The van der Waals surface area contributed by atoms with E-state index in [-0.39, 0.29) is 12.5 Å². The number of hydrogen-bond donors (Lipinski definition) is 2. The van der Waals surface area contributed by atoms with Crippen molar-refractivity contribution in [1.82, 2.24) is 14.9 Å². The lowest BCUT2D eigenvalue weighted by Gasteiger charge is -2.35. The van der Waals surface area contributed by atoms with E-state index in [1.807, 2.05) is 24.1 Å². The quantitative estimate of drug-likeness (QED) is 0.575. The molecule has 0 aliphatic carbocycles. The molecule has 0 saturated carbocycles. The SMILES string of the molecule is CN1CN(C)c2nc(NCc3ccncc3)c(CN)c(-c3cc(F)ccc3Br)c2C1=O. The molecule has 0 bridgehead atoms. The van der Waals surface area contributed by atoms with Crippen molar-refractivity contribution in [2.75, 3.05) is 31.0 Å². The molecule has 9 heteroatoms. The lowest BCUT2D eigenvalue weighted by molar-refractivity contribution is 0.0784. The largest absolute Gasteiger partial charge is 0.366 e. The minimum atomic E-state index is -0.400. The second-order valence-electron chi connectivity index (χ2n) is 7.39. The summed E-state index contributed by atoms with van der Waals surface area (Å²) in [6.07, 6.45) is 3.44. The molecule has 31 heavy (non-hydrogen) atoms. The lowest BCUT2D eigenvalue weighted by Crippen LogP contribution is -2.43. The molecular weight excluding hydrogens is 463 g/mol. The lowest BCUT2D eigenvalue weighted by atomic mass is 9.93. The van der Waals surface area contributed by atoms with Gasteiger partial charge in [-0.05, 0) is 35.9 Å². The maximum Gasteiger partial charge on any atom is 0.259 e. The van der Waals surface area contributed by atoms with Crippen molar-refractivity contribution in [2.45, 2.75) is 13.1 Å². The smallest absolute Gasteiger partial charge is 0.259 e. The highest BCUT2D eigenvalue weighted by atomic mass is 79.9. The number of carbonyl (C=O) groups excluding carboxylic acids is 1. The normalized spacial score (nSPS) is 13.4. The van der Waals surface area contributed by atoms with Gasteiger partial charge < -0.3 is 20.9 Å². The summed E-state index contributed by atoms with van der Waals surface area (Å²) in [6, 6.07) is 8.21. The predicted octanol–water partition coefficient (Wildman–Crippen LogP) is 3.60. The van der Waals surface area contributed by atoms with Crippen LogP contribution < -0.4 is 16.0 Å². The Morgan fingerprint density at radius 1 is 1.16 bits per heavy atom. The number of fused-ring (bicyclic) bond motifs is 1. The predicted molar refractivity (Wildman–Crippen MR) is 122 cm³/mol. The van der Waals surface area contributed by atoms with Gasteiger partial charge in [0, 0.05) is 60.7 Å². The molecule has 2 aromatic heterocycles. The molecule has 0 atom stereocenters. The summed E-state index contributed by atoms with van der Waals surface area (Å²) in [7, 11) is 3.60. The van der Waals surface area contributed by atoms with E-state index in [1.165, 1.54) is 12.1 Å². The highest BCUT2D eigenvalue weighted by Gasteiger charge is 2.33. The average Bonchev–Trinajstić information content (AvgIpc) is 2.77. The molecule has 0 saturated heterocycles. The maximum absolute atomic E-state index is 14.2. The Morgan fingerprint density at radius 3 is 2.61 bits per heavy atom. The third-order valence-corrected chi connectivity index (χ3v) is 5.93. The Balaban J connectivity index is 1.95. The van der Waals surface area contributed by atoms with Crippen molar-refractivity contribution >= 4 is 33.5 Å². The number of pyridine rings is 2. The third-order valence-electron chi connectivity index (χ3n) is 5.24. The second-order valence-corrected chi connectivity index (χ2v) is 8.25. The standard InChI is InChI=1S/C22H22BrFN6O/c1-29-12-30(2)22(31)19-18(15-9-14(24)3-4-17(15)23)16(10-25)20(28-21(19)29)27-11-13-5-7-26-8-6-13/h3-9H,10-12,25H2,1-2H3,(H,27,28). The van der Waals surface area contributed by atoms with E-state index >= 15 is 0 Å². The van der Waals surface area contributed by atoms with Crippen molar-refractivity contribution in [1.29, 1.82) is 0 Å². The number of nitrogens with zero attached hydrogens (tertiary/aromatic N) is 4. The minimum Gasteiger partial charge on any atom is -0.366 e. The molecule has 3 N–H and O–H groups in total. The van der Waals surface area contributed by atoms with Crippen molar-refractivity contribution < 1.29 is 9.18 Å². The molecule has 0 unspecified atom stereocenters. The van der Waals surface area contributed by atoms with Crippen molar-refractivity contribution in [3.63, 3.8) is 0 Å². The highest BCUT2D eigenvalue weighted by molar-refractivity contribution is 9.10. The number of rotatable bonds is 5. The molecule has 1 aliphatic heterocycles. The van der Waals surface area contributed by atoms with E-state index in [0.717, 1.165) is 5.56 Å². The summed E-state index contributed by atoms with van der Waals surface area (Å²) in [6.45, 7) is 1.02. The van der Waals surface area contributed by atoms with E-state index in [1.54, 1.807) is 30.4 Å². The topological polar surface area (TPSA) is 87.4 Å². The van der Waals surface area contributed by atoms with Crippen LogP contribution >= 0.6 is 15.9 Å². The van der Waals surface area contributed by atoms with Crippen LogP contribution in [0, 0.1) is 5.82 Å². The molecule has 160 valence electrons. The number of aromatic nitrogens is 2. The molecule has 1 aliphatic rings. The van der Waals surface area contributed by atoms with Crippen molar-refractivity contribution in [2.24, 2.45) is 5.73 Å². The van der Waals surface area contributed by atoms with Crippen molar-refractivity contribution in [3.8, 4) is 11.1 Å². The van der Waals surface area contributed by atoms with Crippen LogP contribution in [0.15, 0.2) is 47.2 Å². The number of halogens is 2. The van der Waals surface area contributed by atoms with Gasteiger partial charge in [-0.3, -0.25) is 9.78 Å². The Labute approximate surface area is 188 Å². The molecule has 4 rings (SSSR count). The van der Waals surface area contributed by atoms with Gasteiger partial charge in [-0.25, -0.2) is 9.37 Å². The van der Waals surface area contributed by atoms with Gasteiger partial charge in [0.1, 0.15) is 17.5 Å². The summed E-state index contributed by atoms with van der Waals surface area (Å²) in [5, 5.41) is 3.34. The number of nitrogens with one attached hydrogen (secondary N) is 1. The third kappa shape index (κ3) is 3.98. The van der Waals surface area contributed by atoms with E-state index in [9.17, 15) is 9.18 Å². The van der Waals surface area contributed by atoms with Crippen LogP contribution in [0.3, 0.4) is 0 Å². The zero-order chi connectivity index (χ0) is 22.1. The Morgan fingerprint density at radius 2 is 1.90 bits per heavy atom. The molecule has 0 fully saturated rings. The van der Waals surface area contributed by atoms with Crippen LogP contribution in [-0.2, 0) is 13.1 Å². The molecule has 1 amide bonds. The van der Waals surface area contributed by atoms with Gasteiger partial charge in [-0.2, -0.15) is 0 Å². The summed E-state index contributed by atoms with van der Waals surface area (Å²) in [4.78, 5) is 25.5. The summed E-state index contributed by atoms with van der Waals surface area (Å²) < 4.78 is 14.9. The molecule has 1 aromatic carbocycles. The maximum atomic E-state index is 14.2. The van der Waals surface area contributed by atoms with Gasteiger partial charge in [0.05, 0.1) is 12.2 Å². The Hall–Kier alpha value is -3.04. The first-order valence-electron chi connectivity index (χ1n) is 9.72. The first-order valence-corrected chi connectivity index (χ1v) is 10.5. The van der Waals surface area contributed by atoms with Gasteiger partial charge in [0.2, 0.25) is 0 Å². The fourth-order valence-electron chi connectivity index (χ4n) is 3.75. The van der Waals surface area contributed by atoms with Gasteiger partial charge in [-0.15, -0.1) is 0 Å². The minimum absolute atomic E-state index is 0.123. The average molecular weight is 485 g/mol. The molecule has 0 radical (unpaired) electrons. The van der Waals surface area contributed by atoms with Crippen LogP contribution in [0.25, 0.3) is 11.1 Å². The highest BCUT2D eigenvalue weighted by Crippen LogP contribution is 2.42. The summed E-state index contributed by atoms with van der Waals surface area (Å²) in [5.41, 5.74) is 9.38. The number of anilines is 2. The van der Waals surface area contributed by atoms with Gasteiger partial charge in [-0.1, -0.05) is 15.9 Å². The Bertz CT molecular complexity index is 1140. The van der Waals surface area contributed by atoms with E-state index in [0.29, 0.717) is 51.6 Å². The first kappa shape index (κ1) is 21.2. The zero-order valence-electron chi connectivity index (χ0n) is 17.2. The molecule has 3 aromatic rings. The van der Waals surface area contributed by atoms with Crippen LogP contribution in [0.2, 0.25) is 0 Å². The van der Waals surface area contributed by atoms with E-state index < -0.39 is 5.82 Å². The summed E-state index contributed by atoms with van der Waals surface area (Å²) >= 11 is 3.52. The van der Waals surface area contributed by atoms with Crippen LogP contribution in [0.5, 0.6) is 0 Å². The second kappa shape index (κ2) is 8.60.